The predicted molar refractivity (Wildman–Crippen MR) is 83.9 cm³/mol. The molecule has 3 heterocycles. The lowest BCUT2D eigenvalue weighted by molar-refractivity contribution is -0.148. The van der Waals surface area contributed by atoms with E-state index in [4.69, 9.17) is 0 Å². The standard InChI is InChI=1S/C15H21F3N6/c1-2-13-20-21-14-4-3-12(22-24(13)14)19-9-11-5-7-23(8-6-11)10-15(16,17)18/h3-4,11H,2,5-10H2,1H3,(H,19,22). The lowest BCUT2D eigenvalue weighted by Gasteiger charge is -2.32. The third kappa shape index (κ3) is 4.14. The van der Waals surface area contributed by atoms with Crippen LogP contribution in [0.15, 0.2) is 12.1 Å². The lowest BCUT2D eigenvalue weighted by Crippen LogP contribution is -2.41. The molecule has 1 saturated heterocycles. The van der Waals surface area contributed by atoms with Crippen molar-refractivity contribution in [2.45, 2.75) is 32.4 Å². The van der Waals surface area contributed by atoms with Gasteiger partial charge in [-0.15, -0.1) is 15.3 Å². The molecule has 6 nitrogen and oxygen atoms in total. The Morgan fingerprint density at radius 3 is 2.62 bits per heavy atom. The summed E-state index contributed by atoms with van der Waals surface area (Å²) in [7, 11) is 0. The van der Waals surface area contributed by atoms with Gasteiger partial charge in [-0.3, -0.25) is 4.90 Å². The molecule has 1 N–H and O–H groups in total. The highest BCUT2D eigenvalue weighted by atomic mass is 19.4. The van der Waals surface area contributed by atoms with Crippen molar-refractivity contribution in [2.24, 2.45) is 5.92 Å². The number of rotatable bonds is 5. The average Bonchev–Trinajstić information content (AvgIpc) is 2.95. The zero-order chi connectivity index (χ0) is 17.2. The van der Waals surface area contributed by atoms with E-state index in [-0.39, 0.29) is 0 Å². The molecule has 0 bridgehead atoms. The Morgan fingerprint density at radius 2 is 1.96 bits per heavy atom. The predicted octanol–water partition coefficient (Wildman–Crippen LogP) is 2.37. The van der Waals surface area contributed by atoms with Gasteiger partial charge in [0.15, 0.2) is 11.5 Å². The monoisotopic (exact) mass is 342 g/mol. The second-order valence-electron chi connectivity index (χ2n) is 6.17. The van der Waals surface area contributed by atoms with Gasteiger partial charge in [-0.25, -0.2) is 0 Å². The molecule has 0 atom stereocenters. The van der Waals surface area contributed by atoms with Crippen LogP contribution in [-0.4, -0.2) is 57.1 Å². The summed E-state index contributed by atoms with van der Waals surface area (Å²) >= 11 is 0. The third-order valence-electron chi connectivity index (χ3n) is 4.33. The normalized spacial score (nSPS) is 17.5. The maximum atomic E-state index is 12.4. The van der Waals surface area contributed by atoms with E-state index >= 15 is 0 Å². The number of piperidine rings is 1. The Bertz CT molecular complexity index is 675. The summed E-state index contributed by atoms with van der Waals surface area (Å²) in [6.07, 6.45) is -1.84. The number of halogens is 3. The van der Waals surface area contributed by atoms with E-state index in [0.717, 1.165) is 30.9 Å². The SMILES string of the molecule is CCc1nnc2ccc(NCC3CCN(CC(F)(F)F)CC3)nn12. The smallest absolute Gasteiger partial charge is 0.368 e. The van der Waals surface area contributed by atoms with Crippen LogP contribution in [0.25, 0.3) is 5.65 Å². The van der Waals surface area contributed by atoms with Gasteiger partial charge < -0.3 is 5.32 Å². The molecule has 24 heavy (non-hydrogen) atoms. The number of fused-ring (bicyclic) bond motifs is 1. The van der Waals surface area contributed by atoms with Crippen molar-refractivity contribution in [1.29, 1.82) is 0 Å². The Labute approximate surface area is 138 Å². The first-order valence-electron chi connectivity index (χ1n) is 8.19. The molecule has 1 aliphatic rings. The van der Waals surface area contributed by atoms with Crippen LogP contribution in [0.5, 0.6) is 0 Å². The summed E-state index contributed by atoms with van der Waals surface area (Å²) in [6, 6.07) is 3.70. The maximum Gasteiger partial charge on any atom is 0.401 e. The molecule has 0 radical (unpaired) electrons. The molecular formula is C15H21F3N6. The van der Waals surface area contributed by atoms with Gasteiger partial charge in [0.1, 0.15) is 5.82 Å². The maximum absolute atomic E-state index is 12.4. The van der Waals surface area contributed by atoms with Gasteiger partial charge in [0.25, 0.3) is 0 Å². The fraction of sp³-hybridized carbons (Fsp3) is 0.667. The van der Waals surface area contributed by atoms with E-state index in [2.05, 4.69) is 20.6 Å². The molecule has 0 unspecified atom stereocenters. The number of likely N-dealkylation sites (tertiary alicyclic amines) is 1. The minimum absolute atomic E-state index is 0.360. The van der Waals surface area contributed by atoms with Crippen molar-refractivity contribution >= 4 is 11.5 Å². The van der Waals surface area contributed by atoms with E-state index < -0.39 is 12.7 Å². The van der Waals surface area contributed by atoms with Gasteiger partial charge in [0, 0.05) is 13.0 Å². The highest BCUT2D eigenvalue weighted by Crippen LogP contribution is 2.22. The second kappa shape index (κ2) is 6.92. The molecule has 1 aliphatic heterocycles. The number of hydrogen-bond acceptors (Lipinski definition) is 5. The summed E-state index contributed by atoms with van der Waals surface area (Å²) in [5.41, 5.74) is 0.706. The van der Waals surface area contributed by atoms with E-state index in [1.54, 1.807) is 4.52 Å². The van der Waals surface area contributed by atoms with Crippen LogP contribution in [-0.2, 0) is 6.42 Å². The minimum Gasteiger partial charge on any atom is -0.368 e. The minimum atomic E-state index is -4.11. The summed E-state index contributed by atoms with van der Waals surface area (Å²) in [6.45, 7) is 2.88. The molecule has 1 fully saturated rings. The van der Waals surface area contributed by atoms with Crippen molar-refractivity contribution < 1.29 is 13.2 Å². The first-order chi connectivity index (χ1) is 11.4. The molecule has 132 valence electrons. The molecule has 0 aliphatic carbocycles. The number of aryl methyl sites for hydroxylation is 1. The van der Waals surface area contributed by atoms with Crippen LogP contribution in [0.4, 0.5) is 19.0 Å². The Hall–Kier alpha value is -1.90. The largest absolute Gasteiger partial charge is 0.401 e. The molecule has 2 aromatic rings. The van der Waals surface area contributed by atoms with Gasteiger partial charge in [0.05, 0.1) is 6.54 Å². The van der Waals surface area contributed by atoms with Crippen molar-refractivity contribution in [2.75, 3.05) is 31.5 Å². The highest BCUT2D eigenvalue weighted by Gasteiger charge is 2.32. The zero-order valence-electron chi connectivity index (χ0n) is 13.6. The zero-order valence-corrected chi connectivity index (χ0v) is 13.6. The van der Waals surface area contributed by atoms with Crippen LogP contribution in [0.3, 0.4) is 0 Å². The topological polar surface area (TPSA) is 58.4 Å². The first kappa shape index (κ1) is 16.9. The molecule has 3 rings (SSSR count). The fourth-order valence-electron chi connectivity index (χ4n) is 3.00. The van der Waals surface area contributed by atoms with Gasteiger partial charge in [0.2, 0.25) is 0 Å². The van der Waals surface area contributed by atoms with Crippen LogP contribution in [0.1, 0.15) is 25.6 Å². The Balaban J connectivity index is 1.52. The second-order valence-corrected chi connectivity index (χ2v) is 6.17. The molecule has 2 aromatic heterocycles. The van der Waals surface area contributed by atoms with Crippen molar-refractivity contribution in [3.63, 3.8) is 0 Å². The van der Waals surface area contributed by atoms with E-state index in [1.807, 2.05) is 19.1 Å². The molecule has 0 aromatic carbocycles. The van der Waals surface area contributed by atoms with Crippen LogP contribution in [0.2, 0.25) is 0 Å². The molecule has 9 heteroatoms. The molecule has 0 spiro atoms. The third-order valence-corrected chi connectivity index (χ3v) is 4.33. The quantitative estimate of drug-likeness (QED) is 0.904. The van der Waals surface area contributed by atoms with E-state index in [1.165, 1.54) is 4.90 Å². The van der Waals surface area contributed by atoms with Crippen LogP contribution >= 0.6 is 0 Å². The lowest BCUT2D eigenvalue weighted by atomic mass is 9.97. The summed E-state index contributed by atoms with van der Waals surface area (Å²) in [5, 5.41) is 15.9. The van der Waals surface area contributed by atoms with E-state index in [0.29, 0.717) is 31.2 Å². The Kier molecular flexibility index (Phi) is 4.88. The average molecular weight is 342 g/mol. The number of nitrogens with zero attached hydrogens (tertiary/aromatic N) is 5. The summed E-state index contributed by atoms with van der Waals surface area (Å²) < 4.78 is 38.9. The first-order valence-corrected chi connectivity index (χ1v) is 8.19. The molecule has 0 saturated carbocycles. The molecule has 0 amide bonds. The van der Waals surface area contributed by atoms with Crippen LogP contribution in [0, 0.1) is 5.92 Å². The van der Waals surface area contributed by atoms with Crippen molar-refractivity contribution in [1.82, 2.24) is 24.7 Å². The number of nitrogens with one attached hydrogen (secondary N) is 1. The number of hydrogen-bond donors (Lipinski definition) is 1. The van der Waals surface area contributed by atoms with Gasteiger partial charge >= 0.3 is 6.18 Å². The van der Waals surface area contributed by atoms with Crippen LogP contribution < -0.4 is 5.32 Å². The number of aromatic nitrogens is 4. The molecular weight excluding hydrogens is 321 g/mol. The Morgan fingerprint density at radius 1 is 1.21 bits per heavy atom. The van der Waals surface area contributed by atoms with Crippen molar-refractivity contribution in [3.8, 4) is 0 Å². The van der Waals surface area contributed by atoms with E-state index in [9.17, 15) is 13.2 Å². The van der Waals surface area contributed by atoms with Gasteiger partial charge in [-0.1, -0.05) is 6.92 Å². The van der Waals surface area contributed by atoms with Gasteiger partial charge in [-0.05, 0) is 44.0 Å². The number of alkyl halides is 3. The number of anilines is 1. The highest BCUT2D eigenvalue weighted by molar-refractivity contribution is 5.43. The summed E-state index contributed by atoms with van der Waals surface area (Å²) in [4.78, 5) is 1.48. The van der Waals surface area contributed by atoms with Crippen molar-refractivity contribution in [3.05, 3.63) is 18.0 Å². The summed E-state index contributed by atoms with van der Waals surface area (Å²) in [5.74, 6) is 1.89. The van der Waals surface area contributed by atoms with Gasteiger partial charge in [-0.2, -0.15) is 17.7 Å². The fourth-order valence-corrected chi connectivity index (χ4v) is 3.00.